The quantitative estimate of drug-likeness (QED) is 0.861. The summed E-state index contributed by atoms with van der Waals surface area (Å²) in [7, 11) is 1.96. The van der Waals surface area contributed by atoms with Gasteiger partial charge in [-0.05, 0) is 11.4 Å². The van der Waals surface area contributed by atoms with Gasteiger partial charge in [0.15, 0.2) is 5.82 Å². The molecule has 17 heavy (non-hydrogen) atoms. The molecular formula is C11H15N5S. The lowest BCUT2D eigenvalue weighted by Gasteiger charge is -2.27. The van der Waals surface area contributed by atoms with E-state index < -0.39 is 0 Å². The number of piperazine rings is 1. The van der Waals surface area contributed by atoms with E-state index in [2.05, 4.69) is 31.7 Å². The third-order valence-corrected chi connectivity index (χ3v) is 3.75. The SMILES string of the molecule is Cn1nc(-c2cccs2)nc1N1CCNCC1. The molecule has 0 aliphatic carbocycles. The molecule has 1 saturated heterocycles. The number of thiophene rings is 1. The molecule has 0 amide bonds. The van der Waals surface area contributed by atoms with Crippen molar-refractivity contribution in [2.24, 2.45) is 7.05 Å². The van der Waals surface area contributed by atoms with Crippen LogP contribution in [-0.4, -0.2) is 40.9 Å². The second kappa shape index (κ2) is 4.46. The van der Waals surface area contributed by atoms with Crippen molar-refractivity contribution in [2.75, 3.05) is 31.1 Å². The van der Waals surface area contributed by atoms with E-state index in [-0.39, 0.29) is 0 Å². The molecule has 0 atom stereocenters. The Balaban J connectivity index is 1.90. The summed E-state index contributed by atoms with van der Waals surface area (Å²) in [5, 5.41) is 9.88. The zero-order valence-electron chi connectivity index (χ0n) is 9.76. The molecule has 0 radical (unpaired) electrons. The van der Waals surface area contributed by atoms with Gasteiger partial charge < -0.3 is 10.2 Å². The Morgan fingerprint density at radius 2 is 2.18 bits per heavy atom. The highest BCUT2D eigenvalue weighted by Gasteiger charge is 2.17. The number of aromatic nitrogens is 3. The van der Waals surface area contributed by atoms with Gasteiger partial charge >= 0.3 is 0 Å². The van der Waals surface area contributed by atoms with Crippen LogP contribution in [-0.2, 0) is 7.05 Å². The van der Waals surface area contributed by atoms with Gasteiger partial charge in [-0.25, -0.2) is 4.68 Å². The second-order valence-electron chi connectivity index (χ2n) is 4.07. The normalized spacial score (nSPS) is 16.4. The third-order valence-electron chi connectivity index (χ3n) is 2.88. The van der Waals surface area contributed by atoms with E-state index in [1.54, 1.807) is 11.3 Å². The molecule has 0 bridgehead atoms. The van der Waals surface area contributed by atoms with Gasteiger partial charge in [0.2, 0.25) is 5.95 Å². The van der Waals surface area contributed by atoms with Crippen molar-refractivity contribution < 1.29 is 0 Å². The first-order valence-electron chi connectivity index (χ1n) is 5.75. The Kier molecular flexibility index (Phi) is 2.82. The van der Waals surface area contributed by atoms with Crippen LogP contribution in [0.2, 0.25) is 0 Å². The average molecular weight is 249 g/mol. The van der Waals surface area contributed by atoms with E-state index in [1.807, 2.05) is 17.8 Å². The van der Waals surface area contributed by atoms with Crippen molar-refractivity contribution in [1.82, 2.24) is 20.1 Å². The summed E-state index contributed by atoms with van der Waals surface area (Å²) < 4.78 is 1.88. The molecule has 5 nitrogen and oxygen atoms in total. The van der Waals surface area contributed by atoms with Crippen LogP contribution in [0.15, 0.2) is 17.5 Å². The van der Waals surface area contributed by atoms with Gasteiger partial charge in [-0.1, -0.05) is 6.07 Å². The lowest BCUT2D eigenvalue weighted by molar-refractivity contribution is 0.568. The van der Waals surface area contributed by atoms with Crippen LogP contribution in [0.5, 0.6) is 0 Å². The van der Waals surface area contributed by atoms with E-state index in [0.717, 1.165) is 42.8 Å². The van der Waals surface area contributed by atoms with Crippen LogP contribution in [0.3, 0.4) is 0 Å². The molecule has 90 valence electrons. The number of nitrogens with zero attached hydrogens (tertiary/aromatic N) is 4. The van der Waals surface area contributed by atoms with Crippen LogP contribution in [0.25, 0.3) is 10.7 Å². The fraction of sp³-hybridized carbons (Fsp3) is 0.455. The van der Waals surface area contributed by atoms with Crippen LogP contribution in [0, 0.1) is 0 Å². The summed E-state index contributed by atoms with van der Waals surface area (Å²) in [4.78, 5) is 8.04. The van der Waals surface area contributed by atoms with Crippen LogP contribution in [0.1, 0.15) is 0 Å². The minimum atomic E-state index is 0.830. The fourth-order valence-corrected chi connectivity index (χ4v) is 2.68. The van der Waals surface area contributed by atoms with E-state index in [1.165, 1.54) is 0 Å². The Hall–Kier alpha value is -1.40. The molecule has 2 aromatic heterocycles. The van der Waals surface area contributed by atoms with Crippen LogP contribution >= 0.6 is 11.3 Å². The highest BCUT2D eigenvalue weighted by atomic mass is 32.1. The maximum atomic E-state index is 4.64. The number of anilines is 1. The van der Waals surface area contributed by atoms with Gasteiger partial charge in [0.1, 0.15) is 0 Å². The molecule has 0 unspecified atom stereocenters. The predicted octanol–water partition coefficient (Wildman–Crippen LogP) is 0.953. The van der Waals surface area contributed by atoms with Gasteiger partial charge in [0, 0.05) is 33.2 Å². The summed E-state index contributed by atoms with van der Waals surface area (Å²) in [6.07, 6.45) is 0. The Bertz CT molecular complexity index is 484. The summed E-state index contributed by atoms with van der Waals surface area (Å²) >= 11 is 1.68. The topological polar surface area (TPSA) is 46.0 Å². The second-order valence-corrected chi connectivity index (χ2v) is 5.02. The molecule has 0 spiro atoms. The molecular weight excluding hydrogens is 234 g/mol. The molecule has 2 aromatic rings. The minimum absolute atomic E-state index is 0.830. The number of nitrogens with one attached hydrogen (secondary N) is 1. The molecule has 1 aliphatic heterocycles. The standard InChI is InChI=1S/C11H15N5S/c1-15-11(16-6-4-12-5-7-16)13-10(14-15)9-3-2-8-17-9/h2-3,8,12H,4-7H2,1H3. The first-order chi connectivity index (χ1) is 8.34. The Labute approximate surface area is 104 Å². The van der Waals surface area contributed by atoms with Crippen LogP contribution < -0.4 is 10.2 Å². The summed E-state index contributed by atoms with van der Waals surface area (Å²) in [6.45, 7) is 4.02. The van der Waals surface area contributed by atoms with Crippen LogP contribution in [0.4, 0.5) is 5.95 Å². The number of aryl methyl sites for hydroxylation is 1. The van der Waals surface area contributed by atoms with Gasteiger partial charge in [-0.3, -0.25) is 0 Å². The van der Waals surface area contributed by atoms with Gasteiger partial charge in [0.05, 0.1) is 4.88 Å². The van der Waals surface area contributed by atoms with Crippen molar-refractivity contribution in [2.45, 2.75) is 0 Å². The van der Waals surface area contributed by atoms with E-state index in [4.69, 9.17) is 0 Å². The van der Waals surface area contributed by atoms with E-state index in [9.17, 15) is 0 Å². The Morgan fingerprint density at radius 1 is 1.35 bits per heavy atom. The van der Waals surface area contributed by atoms with Crippen molar-refractivity contribution >= 4 is 17.3 Å². The van der Waals surface area contributed by atoms with E-state index in [0.29, 0.717) is 0 Å². The zero-order valence-corrected chi connectivity index (χ0v) is 10.6. The zero-order chi connectivity index (χ0) is 11.7. The van der Waals surface area contributed by atoms with Crippen molar-refractivity contribution in [3.63, 3.8) is 0 Å². The monoisotopic (exact) mass is 249 g/mol. The minimum Gasteiger partial charge on any atom is -0.338 e. The number of rotatable bonds is 2. The largest absolute Gasteiger partial charge is 0.338 e. The van der Waals surface area contributed by atoms with Crippen molar-refractivity contribution in [1.29, 1.82) is 0 Å². The van der Waals surface area contributed by atoms with Crippen molar-refractivity contribution in [3.8, 4) is 10.7 Å². The average Bonchev–Trinajstić information content (AvgIpc) is 2.99. The third kappa shape index (κ3) is 2.05. The summed E-state index contributed by atoms with van der Waals surface area (Å²) in [6, 6.07) is 4.09. The molecule has 6 heteroatoms. The highest BCUT2D eigenvalue weighted by Crippen LogP contribution is 2.23. The molecule has 0 saturated carbocycles. The first-order valence-corrected chi connectivity index (χ1v) is 6.63. The molecule has 1 fully saturated rings. The maximum absolute atomic E-state index is 4.64. The van der Waals surface area contributed by atoms with Gasteiger partial charge in [-0.2, -0.15) is 4.98 Å². The molecule has 1 aliphatic rings. The summed E-state index contributed by atoms with van der Waals surface area (Å²) in [5.41, 5.74) is 0. The van der Waals surface area contributed by atoms with Gasteiger partial charge in [0.25, 0.3) is 0 Å². The predicted molar refractivity (Wildman–Crippen MR) is 69.4 cm³/mol. The smallest absolute Gasteiger partial charge is 0.224 e. The lowest BCUT2D eigenvalue weighted by Crippen LogP contribution is -2.44. The maximum Gasteiger partial charge on any atom is 0.224 e. The Morgan fingerprint density at radius 3 is 2.88 bits per heavy atom. The summed E-state index contributed by atoms with van der Waals surface area (Å²) in [5.74, 6) is 1.80. The highest BCUT2D eigenvalue weighted by molar-refractivity contribution is 7.13. The molecule has 3 heterocycles. The lowest BCUT2D eigenvalue weighted by atomic mass is 10.4. The number of hydrogen-bond acceptors (Lipinski definition) is 5. The number of hydrogen-bond donors (Lipinski definition) is 1. The molecule has 3 rings (SSSR count). The first kappa shape index (κ1) is 10.7. The molecule has 0 aromatic carbocycles. The van der Waals surface area contributed by atoms with E-state index >= 15 is 0 Å². The van der Waals surface area contributed by atoms with Gasteiger partial charge in [-0.15, -0.1) is 16.4 Å². The molecule has 1 N–H and O–H groups in total. The van der Waals surface area contributed by atoms with Crippen molar-refractivity contribution in [3.05, 3.63) is 17.5 Å². The fourth-order valence-electron chi connectivity index (χ4n) is 2.03.